The molecule has 0 saturated heterocycles. The van der Waals surface area contributed by atoms with Gasteiger partial charge in [0, 0.05) is 38.4 Å². The summed E-state index contributed by atoms with van der Waals surface area (Å²) in [7, 11) is 3.84. The molecule has 0 radical (unpaired) electrons. The molecular formula is C21H26ClF4N5. The molecule has 31 heavy (non-hydrogen) atoms. The fourth-order valence-corrected chi connectivity index (χ4v) is 3.95. The quantitative estimate of drug-likeness (QED) is 0.563. The van der Waals surface area contributed by atoms with Crippen molar-refractivity contribution in [2.75, 3.05) is 30.9 Å². The Labute approximate surface area is 184 Å². The largest absolute Gasteiger partial charge is 0.416 e. The van der Waals surface area contributed by atoms with Gasteiger partial charge in [0.15, 0.2) is 0 Å². The summed E-state index contributed by atoms with van der Waals surface area (Å²) >= 11 is 5.64. The monoisotopic (exact) mass is 459 g/mol. The van der Waals surface area contributed by atoms with Gasteiger partial charge in [0.2, 0.25) is 5.95 Å². The molecule has 170 valence electrons. The zero-order chi connectivity index (χ0) is 22.6. The van der Waals surface area contributed by atoms with Crippen molar-refractivity contribution in [3.8, 4) is 0 Å². The number of halogens is 5. The van der Waals surface area contributed by atoms with Crippen LogP contribution in [-0.4, -0.2) is 36.6 Å². The first-order chi connectivity index (χ1) is 14.6. The highest BCUT2D eigenvalue weighted by atomic mass is 35.5. The van der Waals surface area contributed by atoms with E-state index in [2.05, 4.69) is 20.6 Å². The molecule has 0 bridgehead atoms. The van der Waals surface area contributed by atoms with E-state index in [-0.39, 0.29) is 18.2 Å². The average molecular weight is 460 g/mol. The molecule has 1 aliphatic rings. The molecule has 1 saturated carbocycles. The van der Waals surface area contributed by atoms with Crippen LogP contribution in [0.25, 0.3) is 0 Å². The molecule has 1 heterocycles. The lowest BCUT2D eigenvalue weighted by atomic mass is 9.86. The van der Waals surface area contributed by atoms with E-state index in [4.69, 9.17) is 11.6 Å². The van der Waals surface area contributed by atoms with E-state index in [9.17, 15) is 17.6 Å². The summed E-state index contributed by atoms with van der Waals surface area (Å²) < 4.78 is 52.9. The Bertz CT molecular complexity index is 883. The van der Waals surface area contributed by atoms with Crippen LogP contribution in [0.2, 0.25) is 5.02 Å². The Morgan fingerprint density at radius 1 is 1.16 bits per heavy atom. The lowest BCUT2D eigenvalue weighted by Crippen LogP contribution is -2.31. The molecule has 1 aromatic carbocycles. The number of alkyl halides is 3. The number of anilines is 2. The van der Waals surface area contributed by atoms with E-state index in [1.165, 1.54) is 0 Å². The molecule has 0 atom stereocenters. The highest BCUT2D eigenvalue weighted by Gasteiger charge is 2.32. The van der Waals surface area contributed by atoms with Gasteiger partial charge in [0.05, 0.1) is 10.6 Å². The van der Waals surface area contributed by atoms with E-state index in [0.29, 0.717) is 24.5 Å². The van der Waals surface area contributed by atoms with Crippen molar-refractivity contribution in [1.82, 2.24) is 15.3 Å². The van der Waals surface area contributed by atoms with Gasteiger partial charge in [-0.25, -0.2) is 9.37 Å². The topological polar surface area (TPSA) is 53.1 Å². The summed E-state index contributed by atoms with van der Waals surface area (Å²) in [6.07, 6.45) is 0.928. The molecular weight excluding hydrogens is 434 g/mol. The molecule has 1 aliphatic carbocycles. The number of hydrogen-bond donors (Lipinski definition) is 2. The van der Waals surface area contributed by atoms with Crippen LogP contribution in [-0.2, 0) is 12.7 Å². The van der Waals surface area contributed by atoms with Gasteiger partial charge < -0.3 is 15.5 Å². The van der Waals surface area contributed by atoms with E-state index in [1.54, 1.807) is 6.20 Å². The predicted octanol–water partition coefficient (Wildman–Crippen LogP) is 5.11. The summed E-state index contributed by atoms with van der Waals surface area (Å²) in [6, 6.07) is 3.55. The molecule has 1 aromatic heterocycles. The number of hydrogen-bond acceptors (Lipinski definition) is 5. The van der Waals surface area contributed by atoms with Gasteiger partial charge in [0.1, 0.15) is 11.6 Å². The van der Waals surface area contributed by atoms with Gasteiger partial charge in [-0.05, 0) is 56.3 Å². The van der Waals surface area contributed by atoms with Crippen molar-refractivity contribution < 1.29 is 17.6 Å². The third kappa shape index (κ3) is 6.43. The first-order valence-electron chi connectivity index (χ1n) is 10.2. The van der Waals surface area contributed by atoms with Gasteiger partial charge in [0.25, 0.3) is 0 Å². The second kappa shape index (κ2) is 9.99. The van der Waals surface area contributed by atoms with E-state index in [0.717, 1.165) is 37.6 Å². The first-order valence-corrected chi connectivity index (χ1v) is 10.5. The molecule has 0 amide bonds. The Morgan fingerprint density at radius 3 is 2.52 bits per heavy atom. The highest BCUT2D eigenvalue weighted by molar-refractivity contribution is 6.30. The molecule has 3 rings (SSSR count). The maximum atomic E-state index is 14.1. The van der Waals surface area contributed by atoms with Crippen molar-refractivity contribution in [1.29, 1.82) is 0 Å². The lowest BCUT2D eigenvalue weighted by Gasteiger charge is -2.29. The maximum Gasteiger partial charge on any atom is 0.416 e. The Hall–Kier alpha value is -2.13. The summed E-state index contributed by atoms with van der Waals surface area (Å²) in [5, 5.41) is 5.94. The van der Waals surface area contributed by atoms with E-state index < -0.39 is 22.6 Å². The van der Waals surface area contributed by atoms with E-state index in [1.807, 2.05) is 25.1 Å². The average Bonchev–Trinajstić information content (AvgIpc) is 2.71. The zero-order valence-corrected chi connectivity index (χ0v) is 18.2. The third-order valence-electron chi connectivity index (χ3n) is 5.46. The Kier molecular flexibility index (Phi) is 7.59. The number of nitrogens with zero attached hydrogens (tertiary/aromatic N) is 3. The van der Waals surface area contributed by atoms with Crippen molar-refractivity contribution in [3.63, 3.8) is 0 Å². The minimum atomic E-state index is -4.56. The van der Waals surface area contributed by atoms with Gasteiger partial charge in [-0.3, -0.25) is 0 Å². The Balaban J connectivity index is 1.47. The van der Waals surface area contributed by atoms with E-state index >= 15 is 0 Å². The van der Waals surface area contributed by atoms with Crippen LogP contribution in [0.4, 0.5) is 29.3 Å². The van der Waals surface area contributed by atoms with Crippen LogP contribution < -0.4 is 15.5 Å². The first kappa shape index (κ1) is 23.5. The smallest absolute Gasteiger partial charge is 0.363 e. The number of aromatic nitrogens is 2. The molecule has 0 aliphatic heterocycles. The standard InChI is InChI=1S/C21H26ClF4N5/c1-31(2)18-7-8-28-20(30-18)29-16-5-3-13(4-6-16)11-27-12-14-9-15(21(24,25)26)10-17(22)19(14)23/h7-10,13,16,27H,3-6,11-12H2,1-2H3,(H,28,29,30)/t13-,16+. The molecule has 0 spiro atoms. The van der Waals surface area contributed by atoms with Crippen LogP contribution in [0.3, 0.4) is 0 Å². The van der Waals surface area contributed by atoms with Crippen molar-refractivity contribution in [2.24, 2.45) is 5.92 Å². The van der Waals surface area contributed by atoms with Gasteiger partial charge >= 0.3 is 6.18 Å². The summed E-state index contributed by atoms with van der Waals surface area (Å²) in [4.78, 5) is 10.7. The SMILES string of the molecule is CN(C)c1ccnc(N[C@H]2CC[C@@H](CNCc3cc(C(F)(F)F)cc(Cl)c3F)CC2)n1. The second-order valence-electron chi connectivity index (χ2n) is 8.05. The molecule has 10 heteroatoms. The maximum absolute atomic E-state index is 14.1. The lowest BCUT2D eigenvalue weighted by molar-refractivity contribution is -0.137. The third-order valence-corrected chi connectivity index (χ3v) is 5.73. The minimum Gasteiger partial charge on any atom is -0.363 e. The zero-order valence-electron chi connectivity index (χ0n) is 17.4. The molecule has 1 fully saturated rings. The summed E-state index contributed by atoms with van der Waals surface area (Å²) in [5.41, 5.74) is -1.02. The van der Waals surface area contributed by atoms with Crippen molar-refractivity contribution in [2.45, 2.75) is 44.4 Å². The fourth-order valence-electron chi connectivity index (χ4n) is 3.71. The summed E-state index contributed by atoms with van der Waals surface area (Å²) in [5.74, 6) is 0.994. The van der Waals surface area contributed by atoms with Crippen LogP contribution in [0.1, 0.15) is 36.8 Å². The van der Waals surface area contributed by atoms with Gasteiger partial charge in [-0.2, -0.15) is 18.2 Å². The predicted molar refractivity (Wildman–Crippen MR) is 114 cm³/mol. The summed E-state index contributed by atoms with van der Waals surface area (Å²) in [6.45, 7) is 0.603. The number of rotatable bonds is 7. The molecule has 2 aromatic rings. The van der Waals surface area contributed by atoms with Crippen LogP contribution in [0, 0.1) is 11.7 Å². The fraction of sp³-hybridized carbons (Fsp3) is 0.524. The normalized spacial score (nSPS) is 19.3. The van der Waals surface area contributed by atoms with Crippen LogP contribution >= 0.6 is 11.6 Å². The van der Waals surface area contributed by atoms with Crippen LogP contribution in [0.15, 0.2) is 24.4 Å². The van der Waals surface area contributed by atoms with Crippen LogP contribution in [0.5, 0.6) is 0 Å². The molecule has 0 unspecified atom stereocenters. The molecule has 2 N–H and O–H groups in total. The van der Waals surface area contributed by atoms with Crippen molar-refractivity contribution in [3.05, 3.63) is 46.4 Å². The van der Waals surface area contributed by atoms with Gasteiger partial charge in [-0.1, -0.05) is 11.6 Å². The highest BCUT2D eigenvalue weighted by Crippen LogP contribution is 2.33. The molecule has 5 nitrogen and oxygen atoms in total. The number of nitrogens with one attached hydrogen (secondary N) is 2. The Morgan fingerprint density at radius 2 is 1.87 bits per heavy atom. The minimum absolute atomic E-state index is 0.00117. The van der Waals surface area contributed by atoms with Crippen molar-refractivity contribution >= 4 is 23.4 Å². The second-order valence-corrected chi connectivity index (χ2v) is 8.46. The van der Waals surface area contributed by atoms with Gasteiger partial charge in [-0.15, -0.1) is 0 Å². The number of benzene rings is 1.